The van der Waals surface area contributed by atoms with Crippen LogP contribution >= 0.6 is 0 Å². The first-order chi connectivity index (χ1) is 21.7. The average Bonchev–Trinajstić information content (AvgIpc) is 3.63. The number of hydrogen-bond acceptors (Lipinski definition) is 3. The fraction of sp³-hybridized carbons (Fsp3) is 0.179. The standard InChI is InChI=1S/C39H33FN4O.Pt/c1-26-9-7-10-27(17-19-39(2,3)4)38(26)28-24-42-43(25-28)30-11-8-12-31(22-30)45-32-15-16-34-33-13-5-6-14-35(33)44(36(34)23-32)37-21-29(40)18-20-41-37;/h5-16,18,20-21,24-25H,17,19H2,1-4H3;/q-2;+2. The molecule has 0 aliphatic carbocycles. The second-order valence-electron chi connectivity index (χ2n) is 12.6. The third kappa shape index (κ3) is 6.27. The van der Waals surface area contributed by atoms with E-state index in [1.807, 2.05) is 70.0 Å². The van der Waals surface area contributed by atoms with E-state index in [1.165, 1.54) is 35.0 Å². The summed E-state index contributed by atoms with van der Waals surface area (Å²) in [6, 6.07) is 33.7. The molecule has 0 spiro atoms. The molecule has 7 heteroatoms. The maximum atomic E-state index is 14.2. The van der Waals surface area contributed by atoms with E-state index < -0.39 is 0 Å². The zero-order valence-corrected chi connectivity index (χ0v) is 28.4. The Hall–Kier alpha value is -4.54. The van der Waals surface area contributed by atoms with Crippen LogP contribution in [0, 0.1) is 30.3 Å². The Labute approximate surface area is 282 Å². The summed E-state index contributed by atoms with van der Waals surface area (Å²) in [5.74, 6) is 1.18. The Bertz CT molecular complexity index is 2180. The molecule has 3 aromatic heterocycles. The molecule has 232 valence electrons. The van der Waals surface area contributed by atoms with Crippen molar-refractivity contribution in [3.63, 3.8) is 0 Å². The van der Waals surface area contributed by atoms with E-state index in [2.05, 4.69) is 69.2 Å². The molecule has 0 aliphatic heterocycles. The monoisotopic (exact) mass is 787 g/mol. The van der Waals surface area contributed by atoms with Crippen molar-refractivity contribution in [1.82, 2.24) is 19.3 Å². The van der Waals surface area contributed by atoms with E-state index in [4.69, 9.17) is 9.84 Å². The van der Waals surface area contributed by atoms with E-state index in [9.17, 15) is 4.39 Å². The number of pyridine rings is 1. The number of para-hydroxylation sites is 1. The van der Waals surface area contributed by atoms with Gasteiger partial charge in [-0.05, 0) is 65.1 Å². The zero-order valence-electron chi connectivity index (χ0n) is 26.1. The van der Waals surface area contributed by atoms with Crippen molar-refractivity contribution in [2.24, 2.45) is 5.41 Å². The number of rotatable bonds is 7. The normalized spacial score (nSPS) is 11.6. The molecule has 7 aromatic rings. The number of benzene rings is 4. The summed E-state index contributed by atoms with van der Waals surface area (Å²) in [5.41, 5.74) is 7.58. The van der Waals surface area contributed by atoms with Gasteiger partial charge in [0.1, 0.15) is 11.6 Å². The molecule has 3 heterocycles. The molecule has 4 aromatic carbocycles. The van der Waals surface area contributed by atoms with Crippen LogP contribution in [0.5, 0.6) is 11.5 Å². The van der Waals surface area contributed by atoms with E-state index in [0.29, 0.717) is 17.3 Å². The molecular weight excluding hydrogens is 755 g/mol. The summed E-state index contributed by atoms with van der Waals surface area (Å²) in [7, 11) is 0. The summed E-state index contributed by atoms with van der Waals surface area (Å²) in [5, 5.41) is 6.70. The summed E-state index contributed by atoms with van der Waals surface area (Å²) in [4.78, 5) is 4.44. The summed E-state index contributed by atoms with van der Waals surface area (Å²) in [6.07, 6.45) is 7.56. The first-order valence-corrected chi connectivity index (χ1v) is 15.1. The largest absolute Gasteiger partial charge is 2.00 e. The molecule has 0 fully saturated rings. The van der Waals surface area contributed by atoms with Crippen LogP contribution in [0.25, 0.3) is 44.4 Å². The minimum Gasteiger partial charge on any atom is -0.509 e. The summed E-state index contributed by atoms with van der Waals surface area (Å²) in [6.45, 7) is 9.00. The van der Waals surface area contributed by atoms with Crippen LogP contribution in [0.4, 0.5) is 4.39 Å². The van der Waals surface area contributed by atoms with Crippen LogP contribution in [-0.4, -0.2) is 19.3 Å². The number of fused-ring (bicyclic) bond motifs is 3. The summed E-state index contributed by atoms with van der Waals surface area (Å²) < 4.78 is 24.3. The quantitative estimate of drug-likeness (QED) is 0.151. The van der Waals surface area contributed by atoms with Crippen molar-refractivity contribution in [3.05, 3.63) is 133 Å². The van der Waals surface area contributed by atoms with E-state index in [0.717, 1.165) is 45.9 Å². The smallest absolute Gasteiger partial charge is 0.509 e. The SMILES string of the molecule is Cc1cccc(CCC(C)(C)C)c1-c1cnn(-c2[c-]c(Oc3[c-]c4c(cc3)c3ccccc3n4-c3cc(F)ccn3)ccc2)c1.[Pt+2]. The number of nitrogens with zero attached hydrogens (tertiary/aromatic N) is 4. The van der Waals surface area contributed by atoms with Crippen molar-refractivity contribution in [3.8, 4) is 34.1 Å². The van der Waals surface area contributed by atoms with Crippen LogP contribution in [0.2, 0.25) is 0 Å². The van der Waals surface area contributed by atoms with Gasteiger partial charge < -0.3 is 9.30 Å². The number of aromatic nitrogens is 4. The molecular formula is C39H33FN4OPt. The Balaban J connectivity index is 0.00000372. The Morgan fingerprint density at radius 3 is 2.50 bits per heavy atom. The molecule has 0 unspecified atom stereocenters. The molecule has 0 N–H and O–H groups in total. The predicted octanol–water partition coefficient (Wildman–Crippen LogP) is 9.85. The molecule has 0 saturated carbocycles. The van der Waals surface area contributed by atoms with Gasteiger partial charge in [-0.25, -0.2) is 9.37 Å². The van der Waals surface area contributed by atoms with Gasteiger partial charge in [0.2, 0.25) is 0 Å². The molecule has 0 radical (unpaired) electrons. The maximum Gasteiger partial charge on any atom is 2.00 e. The van der Waals surface area contributed by atoms with Gasteiger partial charge in [-0.3, -0.25) is 4.68 Å². The van der Waals surface area contributed by atoms with Gasteiger partial charge in [-0.15, -0.1) is 35.7 Å². The number of halogens is 1. The fourth-order valence-electron chi connectivity index (χ4n) is 5.88. The third-order valence-electron chi connectivity index (χ3n) is 8.09. The minimum absolute atomic E-state index is 0. The maximum absolute atomic E-state index is 14.2. The average molecular weight is 788 g/mol. The second-order valence-corrected chi connectivity index (χ2v) is 12.6. The van der Waals surface area contributed by atoms with Crippen molar-refractivity contribution < 1.29 is 30.2 Å². The first kappa shape index (κ1) is 31.4. The van der Waals surface area contributed by atoms with Gasteiger partial charge in [0.15, 0.2) is 0 Å². The van der Waals surface area contributed by atoms with Crippen molar-refractivity contribution in [1.29, 1.82) is 0 Å². The summed E-state index contributed by atoms with van der Waals surface area (Å²) >= 11 is 0. The van der Waals surface area contributed by atoms with Crippen LogP contribution in [0.1, 0.15) is 38.3 Å². The second kappa shape index (κ2) is 12.7. The number of aryl methyl sites for hydroxylation is 2. The van der Waals surface area contributed by atoms with Crippen LogP contribution < -0.4 is 4.74 Å². The van der Waals surface area contributed by atoms with E-state index in [-0.39, 0.29) is 32.3 Å². The molecule has 0 amide bonds. The molecule has 0 saturated heterocycles. The van der Waals surface area contributed by atoms with Gasteiger partial charge in [0.05, 0.1) is 6.20 Å². The van der Waals surface area contributed by atoms with Crippen molar-refractivity contribution >= 4 is 21.8 Å². The van der Waals surface area contributed by atoms with Gasteiger partial charge >= 0.3 is 21.1 Å². The third-order valence-corrected chi connectivity index (χ3v) is 8.09. The zero-order chi connectivity index (χ0) is 31.1. The molecule has 0 atom stereocenters. The minimum atomic E-state index is -0.352. The molecule has 0 aliphatic rings. The Morgan fingerprint density at radius 1 is 0.870 bits per heavy atom. The van der Waals surface area contributed by atoms with Crippen molar-refractivity contribution in [2.75, 3.05) is 0 Å². The van der Waals surface area contributed by atoms with E-state index >= 15 is 0 Å². The Morgan fingerprint density at radius 2 is 1.67 bits per heavy atom. The van der Waals surface area contributed by atoms with Crippen LogP contribution in [0.3, 0.4) is 0 Å². The molecule has 0 bridgehead atoms. The topological polar surface area (TPSA) is 44.9 Å². The molecule has 7 rings (SSSR count). The first-order valence-electron chi connectivity index (χ1n) is 15.1. The number of hydrogen-bond donors (Lipinski definition) is 0. The van der Waals surface area contributed by atoms with Crippen LogP contribution in [0.15, 0.2) is 104 Å². The Kier molecular flexibility index (Phi) is 8.67. The van der Waals surface area contributed by atoms with Crippen LogP contribution in [-0.2, 0) is 27.5 Å². The molecule has 46 heavy (non-hydrogen) atoms. The van der Waals surface area contributed by atoms with Gasteiger partial charge in [0, 0.05) is 41.0 Å². The fourth-order valence-corrected chi connectivity index (χ4v) is 5.88. The molecule has 5 nitrogen and oxygen atoms in total. The van der Waals surface area contributed by atoms with Gasteiger partial charge in [-0.1, -0.05) is 62.7 Å². The van der Waals surface area contributed by atoms with Crippen molar-refractivity contribution in [2.45, 2.75) is 40.5 Å². The predicted molar refractivity (Wildman–Crippen MR) is 178 cm³/mol. The number of ether oxygens (including phenoxy) is 1. The van der Waals surface area contributed by atoms with E-state index in [1.54, 1.807) is 0 Å². The van der Waals surface area contributed by atoms with Gasteiger partial charge in [0.25, 0.3) is 0 Å². The van der Waals surface area contributed by atoms with Gasteiger partial charge in [-0.2, -0.15) is 17.2 Å².